The maximum absolute atomic E-state index is 12.4. The highest BCUT2D eigenvalue weighted by molar-refractivity contribution is 8.18. The largest absolute Gasteiger partial charge is 0.493 e. The Morgan fingerprint density at radius 3 is 2.67 bits per heavy atom. The maximum atomic E-state index is 12.4. The van der Waals surface area contributed by atoms with E-state index in [0.717, 1.165) is 16.8 Å². The van der Waals surface area contributed by atoms with Crippen LogP contribution in [0, 0.1) is 6.92 Å². The lowest BCUT2D eigenvalue weighted by Crippen LogP contribution is -2.19. The van der Waals surface area contributed by atoms with Gasteiger partial charge in [-0.1, -0.05) is 24.3 Å². The number of amidine groups is 1. The van der Waals surface area contributed by atoms with E-state index in [9.17, 15) is 4.79 Å². The second-order valence-corrected chi connectivity index (χ2v) is 7.40. The molecule has 1 aliphatic heterocycles. The molecule has 1 amide bonds. The Morgan fingerprint density at radius 1 is 1.19 bits per heavy atom. The van der Waals surface area contributed by atoms with Crippen molar-refractivity contribution in [1.29, 1.82) is 0 Å². The highest BCUT2D eigenvalue weighted by atomic mass is 32.2. The second kappa shape index (κ2) is 8.31. The van der Waals surface area contributed by atoms with E-state index in [4.69, 9.17) is 9.47 Å². The van der Waals surface area contributed by atoms with Crippen molar-refractivity contribution < 1.29 is 14.3 Å². The predicted molar refractivity (Wildman–Crippen MR) is 111 cm³/mol. The van der Waals surface area contributed by atoms with E-state index in [-0.39, 0.29) is 12.0 Å². The molecule has 0 saturated carbocycles. The van der Waals surface area contributed by atoms with E-state index in [1.54, 1.807) is 13.2 Å². The van der Waals surface area contributed by atoms with Gasteiger partial charge in [0, 0.05) is 5.56 Å². The van der Waals surface area contributed by atoms with E-state index in [1.165, 1.54) is 11.8 Å². The van der Waals surface area contributed by atoms with Gasteiger partial charge in [0.2, 0.25) is 0 Å². The van der Waals surface area contributed by atoms with Crippen LogP contribution in [0.5, 0.6) is 11.5 Å². The SMILES string of the molecule is COc1cccc(/C=C2/SC(=Nc3cccc(C)c3)NC2=O)c1OC(C)C. The van der Waals surface area contributed by atoms with E-state index >= 15 is 0 Å². The number of ether oxygens (including phenoxy) is 2. The number of benzene rings is 2. The summed E-state index contributed by atoms with van der Waals surface area (Å²) in [4.78, 5) is 17.5. The van der Waals surface area contributed by atoms with E-state index < -0.39 is 0 Å². The Kier molecular flexibility index (Phi) is 5.86. The number of nitrogens with zero attached hydrogens (tertiary/aromatic N) is 1. The van der Waals surface area contributed by atoms with Gasteiger partial charge in [-0.25, -0.2) is 4.99 Å². The molecule has 0 unspecified atom stereocenters. The minimum absolute atomic E-state index is 0.0121. The summed E-state index contributed by atoms with van der Waals surface area (Å²) in [6, 6.07) is 13.4. The molecule has 1 heterocycles. The molecule has 1 saturated heterocycles. The Bertz CT molecular complexity index is 919. The minimum Gasteiger partial charge on any atom is -0.493 e. The lowest BCUT2D eigenvalue weighted by molar-refractivity contribution is -0.115. The Morgan fingerprint density at radius 2 is 1.96 bits per heavy atom. The van der Waals surface area contributed by atoms with Crippen molar-refractivity contribution in [3.8, 4) is 11.5 Å². The van der Waals surface area contributed by atoms with Gasteiger partial charge in [-0.05, 0) is 62.4 Å². The average Bonchev–Trinajstić information content (AvgIpc) is 2.95. The molecule has 140 valence electrons. The monoisotopic (exact) mass is 382 g/mol. The minimum atomic E-state index is -0.176. The van der Waals surface area contributed by atoms with Crippen LogP contribution in [0.1, 0.15) is 25.0 Å². The van der Waals surface area contributed by atoms with Gasteiger partial charge >= 0.3 is 0 Å². The number of aliphatic imine (C=N–C) groups is 1. The molecule has 2 aromatic carbocycles. The summed E-state index contributed by atoms with van der Waals surface area (Å²) in [5.41, 5.74) is 2.72. The van der Waals surface area contributed by atoms with E-state index in [2.05, 4.69) is 10.3 Å². The molecule has 5 nitrogen and oxygen atoms in total. The molecule has 3 rings (SSSR count). The van der Waals surface area contributed by atoms with Crippen molar-refractivity contribution in [2.75, 3.05) is 7.11 Å². The molecule has 6 heteroatoms. The molecular formula is C21H22N2O3S. The highest BCUT2D eigenvalue weighted by Crippen LogP contribution is 2.36. The van der Waals surface area contributed by atoms with Crippen LogP contribution in [0.25, 0.3) is 6.08 Å². The van der Waals surface area contributed by atoms with Gasteiger partial charge < -0.3 is 14.8 Å². The van der Waals surface area contributed by atoms with Gasteiger partial charge in [-0.3, -0.25) is 4.79 Å². The zero-order chi connectivity index (χ0) is 19.4. The van der Waals surface area contributed by atoms with Crippen molar-refractivity contribution >= 4 is 34.6 Å². The van der Waals surface area contributed by atoms with Gasteiger partial charge in [0.05, 0.1) is 23.8 Å². The van der Waals surface area contributed by atoms with Gasteiger partial charge in [0.25, 0.3) is 5.91 Å². The summed E-state index contributed by atoms with van der Waals surface area (Å²) in [5, 5.41) is 3.38. The fourth-order valence-electron chi connectivity index (χ4n) is 2.61. The smallest absolute Gasteiger partial charge is 0.264 e. The molecule has 0 radical (unpaired) electrons. The van der Waals surface area contributed by atoms with Crippen LogP contribution in [0.15, 0.2) is 52.4 Å². The number of thioether (sulfide) groups is 1. The Hall–Kier alpha value is -2.73. The van der Waals surface area contributed by atoms with Crippen LogP contribution in [0.3, 0.4) is 0 Å². The van der Waals surface area contributed by atoms with Gasteiger partial charge in [0.15, 0.2) is 16.7 Å². The zero-order valence-corrected chi connectivity index (χ0v) is 16.6. The van der Waals surface area contributed by atoms with Crippen LogP contribution in [-0.4, -0.2) is 24.3 Å². The fraction of sp³-hybridized carbons (Fsp3) is 0.238. The number of nitrogens with one attached hydrogen (secondary N) is 1. The summed E-state index contributed by atoms with van der Waals surface area (Å²) in [6.07, 6.45) is 1.79. The third-order valence-corrected chi connectivity index (χ3v) is 4.66. The summed E-state index contributed by atoms with van der Waals surface area (Å²) < 4.78 is 11.3. The van der Waals surface area contributed by atoms with Crippen molar-refractivity contribution in [1.82, 2.24) is 5.32 Å². The normalized spacial score (nSPS) is 16.9. The van der Waals surface area contributed by atoms with Crippen LogP contribution in [0.4, 0.5) is 5.69 Å². The number of amides is 1. The van der Waals surface area contributed by atoms with Crippen molar-refractivity contribution in [2.45, 2.75) is 26.9 Å². The first-order chi connectivity index (χ1) is 13.0. The molecule has 0 aliphatic carbocycles. The first-order valence-electron chi connectivity index (χ1n) is 8.66. The van der Waals surface area contributed by atoms with Crippen molar-refractivity contribution in [3.63, 3.8) is 0 Å². The third kappa shape index (κ3) is 4.71. The molecular weight excluding hydrogens is 360 g/mol. The molecule has 1 fully saturated rings. The molecule has 0 spiro atoms. The maximum Gasteiger partial charge on any atom is 0.264 e. The van der Waals surface area contributed by atoms with E-state index in [0.29, 0.717) is 21.6 Å². The lowest BCUT2D eigenvalue weighted by atomic mass is 10.1. The molecule has 1 N–H and O–H groups in total. The molecule has 27 heavy (non-hydrogen) atoms. The third-order valence-electron chi connectivity index (χ3n) is 3.75. The second-order valence-electron chi connectivity index (χ2n) is 6.37. The van der Waals surface area contributed by atoms with Gasteiger partial charge in [0.1, 0.15) is 0 Å². The predicted octanol–water partition coefficient (Wildman–Crippen LogP) is 4.68. The molecule has 0 bridgehead atoms. The number of carbonyl (C=O) groups excluding carboxylic acids is 1. The lowest BCUT2D eigenvalue weighted by Gasteiger charge is -2.16. The number of rotatable bonds is 5. The Labute approximate surface area is 163 Å². The van der Waals surface area contributed by atoms with Crippen LogP contribution >= 0.6 is 11.8 Å². The number of hydrogen-bond acceptors (Lipinski definition) is 5. The molecule has 1 aliphatic rings. The highest BCUT2D eigenvalue weighted by Gasteiger charge is 2.25. The number of methoxy groups -OCH3 is 1. The zero-order valence-electron chi connectivity index (χ0n) is 15.8. The quantitative estimate of drug-likeness (QED) is 0.763. The van der Waals surface area contributed by atoms with Crippen molar-refractivity contribution in [3.05, 3.63) is 58.5 Å². The van der Waals surface area contributed by atoms with Gasteiger partial charge in [-0.2, -0.15) is 0 Å². The van der Waals surface area contributed by atoms with Crippen LogP contribution < -0.4 is 14.8 Å². The number of hydrogen-bond donors (Lipinski definition) is 1. The topological polar surface area (TPSA) is 59.9 Å². The first kappa shape index (κ1) is 19.0. The van der Waals surface area contributed by atoms with Gasteiger partial charge in [-0.15, -0.1) is 0 Å². The van der Waals surface area contributed by atoms with Crippen molar-refractivity contribution in [2.24, 2.45) is 4.99 Å². The van der Waals surface area contributed by atoms with Crippen LogP contribution in [-0.2, 0) is 4.79 Å². The Balaban J connectivity index is 1.91. The number of aryl methyl sites for hydroxylation is 1. The number of carbonyl (C=O) groups is 1. The summed E-state index contributed by atoms with van der Waals surface area (Å²) in [7, 11) is 1.60. The standard InChI is InChI=1S/C21H22N2O3S/c1-13(2)26-19-15(8-6-10-17(19)25-4)12-18-20(24)23-21(27-18)22-16-9-5-7-14(3)11-16/h5-13H,1-4H3,(H,22,23,24)/b18-12+. The summed E-state index contributed by atoms with van der Waals surface area (Å²) in [5.74, 6) is 1.08. The summed E-state index contributed by atoms with van der Waals surface area (Å²) in [6.45, 7) is 5.91. The first-order valence-corrected chi connectivity index (χ1v) is 9.48. The number of para-hydroxylation sites is 1. The summed E-state index contributed by atoms with van der Waals surface area (Å²) >= 11 is 1.31. The molecule has 0 atom stereocenters. The van der Waals surface area contributed by atoms with E-state index in [1.807, 2.05) is 63.2 Å². The average molecular weight is 382 g/mol. The van der Waals surface area contributed by atoms with Crippen LogP contribution in [0.2, 0.25) is 0 Å². The molecule has 0 aromatic heterocycles. The molecule has 2 aromatic rings. The fourth-order valence-corrected chi connectivity index (χ4v) is 3.44.